The first-order chi connectivity index (χ1) is 12.0. The van der Waals surface area contributed by atoms with Crippen LogP contribution in [0.3, 0.4) is 0 Å². The van der Waals surface area contributed by atoms with Crippen molar-refractivity contribution in [2.75, 3.05) is 17.7 Å². The number of hydrogen-bond acceptors (Lipinski definition) is 5. The zero-order chi connectivity index (χ0) is 19.5. The van der Waals surface area contributed by atoms with E-state index in [1.165, 1.54) is 0 Å². The molecular weight excluding hydrogens is 386 g/mol. The lowest BCUT2D eigenvalue weighted by atomic mass is 10.1. The Balaban J connectivity index is 2.20. The molecule has 4 nitrogen and oxygen atoms in total. The highest BCUT2D eigenvalue weighted by Gasteiger charge is 2.37. The van der Waals surface area contributed by atoms with E-state index in [0.29, 0.717) is 17.9 Å². The van der Waals surface area contributed by atoms with Gasteiger partial charge in [0, 0.05) is 11.4 Å². The van der Waals surface area contributed by atoms with Gasteiger partial charge >= 0.3 is 18.3 Å². The quantitative estimate of drug-likeness (QED) is 0.595. The maximum Gasteiger partial charge on any atom is 0.416 e. The Hall–Kier alpha value is -1.91. The molecule has 2 rings (SSSR count). The van der Waals surface area contributed by atoms with E-state index in [1.54, 1.807) is 6.92 Å². The molecule has 0 radical (unpaired) electrons. The van der Waals surface area contributed by atoms with E-state index in [-0.39, 0.29) is 29.9 Å². The number of carbonyl (C=O) groups excluding carboxylic acids is 1. The van der Waals surface area contributed by atoms with Crippen molar-refractivity contribution >= 4 is 28.6 Å². The smallest absolute Gasteiger partial charge is 0.416 e. The number of esters is 1. The largest absolute Gasteiger partial charge is 0.466 e. The lowest BCUT2D eigenvalue weighted by molar-refractivity contribution is -0.144. The minimum Gasteiger partial charge on any atom is -0.466 e. The predicted molar refractivity (Wildman–Crippen MR) is 85.0 cm³/mol. The summed E-state index contributed by atoms with van der Waals surface area (Å²) in [5, 5.41) is 2.61. The highest BCUT2D eigenvalue weighted by atomic mass is 32.2. The first kappa shape index (κ1) is 20.4. The molecule has 0 aromatic heterocycles. The van der Waals surface area contributed by atoms with E-state index in [4.69, 9.17) is 4.74 Å². The van der Waals surface area contributed by atoms with E-state index < -0.39 is 35.5 Å². The van der Waals surface area contributed by atoms with Crippen LogP contribution in [0.4, 0.5) is 32.0 Å². The molecule has 11 heteroatoms. The number of rotatable bonds is 4. The Morgan fingerprint density at radius 2 is 1.77 bits per heavy atom. The van der Waals surface area contributed by atoms with Crippen LogP contribution < -0.4 is 5.32 Å². The number of thioether (sulfide) groups is 1. The molecule has 1 aromatic rings. The maximum absolute atomic E-state index is 12.8. The first-order valence-electron chi connectivity index (χ1n) is 7.41. The first-order valence-corrected chi connectivity index (χ1v) is 8.40. The Morgan fingerprint density at radius 1 is 1.19 bits per heavy atom. The lowest BCUT2D eigenvalue weighted by Crippen LogP contribution is -2.15. The number of nitrogens with zero attached hydrogens (tertiary/aromatic N) is 1. The van der Waals surface area contributed by atoms with Crippen LogP contribution in [0.5, 0.6) is 0 Å². The number of aliphatic imine (C=N–C) groups is 1. The van der Waals surface area contributed by atoms with E-state index in [1.807, 2.05) is 0 Å². The third-order valence-electron chi connectivity index (χ3n) is 3.26. The minimum absolute atomic E-state index is 0.0115. The number of halogens is 6. The number of nitrogens with one attached hydrogen (secondary N) is 1. The van der Waals surface area contributed by atoms with Crippen LogP contribution in [-0.2, 0) is 21.9 Å². The van der Waals surface area contributed by atoms with Gasteiger partial charge in [-0.1, -0.05) is 11.8 Å². The number of hydrogen-bond donors (Lipinski definition) is 1. The second kappa shape index (κ2) is 7.77. The number of anilines is 1. The zero-order valence-electron chi connectivity index (χ0n) is 13.4. The SMILES string of the molecule is CCOC(=O)CC1CSC(Nc2cc(C(F)(F)F)cc(C(F)(F)F)c2)=N1. The van der Waals surface area contributed by atoms with Crippen molar-refractivity contribution in [2.24, 2.45) is 4.99 Å². The number of ether oxygens (including phenoxy) is 1. The molecule has 1 unspecified atom stereocenters. The average Bonchev–Trinajstić information content (AvgIpc) is 2.92. The molecule has 0 bridgehead atoms. The fourth-order valence-corrected chi connectivity index (χ4v) is 3.11. The minimum atomic E-state index is -4.92. The van der Waals surface area contributed by atoms with Crippen molar-refractivity contribution in [2.45, 2.75) is 31.7 Å². The molecule has 26 heavy (non-hydrogen) atoms. The van der Waals surface area contributed by atoms with Crippen molar-refractivity contribution in [3.8, 4) is 0 Å². The van der Waals surface area contributed by atoms with Gasteiger partial charge in [-0.05, 0) is 25.1 Å². The molecule has 1 atom stereocenters. The van der Waals surface area contributed by atoms with E-state index in [9.17, 15) is 31.1 Å². The molecule has 0 fully saturated rings. The summed E-state index contributed by atoms with van der Waals surface area (Å²) >= 11 is 1.10. The van der Waals surface area contributed by atoms with Crippen LogP contribution in [0, 0.1) is 0 Å². The van der Waals surface area contributed by atoms with Crippen LogP contribution >= 0.6 is 11.8 Å². The normalized spacial score (nSPS) is 17.8. The molecule has 0 aliphatic carbocycles. The standard InChI is InChI=1S/C15H14F6N2O2S/c1-2-25-12(24)6-11-7-26-13(23-11)22-10-4-8(14(16,17)18)3-9(5-10)15(19,20)21/h3-5,11H,2,6-7H2,1H3,(H,22,23). The van der Waals surface area contributed by atoms with Crippen LogP contribution in [-0.4, -0.2) is 29.5 Å². The summed E-state index contributed by atoms with van der Waals surface area (Å²) in [5.74, 6) is -0.104. The monoisotopic (exact) mass is 400 g/mol. The van der Waals surface area contributed by atoms with Crippen LogP contribution in [0.15, 0.2) is 23.2 Å². The maximum atomic E-state index is 12.8. The Bertz CT molecular complexity index is 670. The van der Waals surface area contributed by atoms with Gasteiger partial charge in [0.25, 0.3) is 0 Å². The van der Waals surface area contributed by atoms with Gasteiger partial charge in [0.1, 0.15) is 0 Å². The third-order valence-corrected chi connectivity index (χ3v) is 4.29. The highest BCUT2D eigenvalue weighted by Crippen LogP contribution is 2.38. The summed E-state index contributed by atoms with van der Waals surface area (Å²) in [4.78, 5) is 15.5. The van der Waals surface area contributed by atoms with Gasteiger partial charge in [-0.2, -0.15) is 26.3 Å². The summed E-state index contributed by atoms with van der Waals surface area (Å²) in [7, 11) is 0. The van der Waals surface area contributed by atoms with Crippen molar-refractivity contribution in [1.82, 2.24) is 0 Å². The van der Waals surface area contributed by atoms with Crippen LogP contribution in [0.2, 0.25) is 0 Å². The molecule has 1 N–H and O–H groups in total. The zero-order valence-corrected chi connectivity index (χ0v) is 14.2. The molecule has 1 aliphatic heterocycles. The van der Waals surface area contributed by atoms with Crippen molar-refractivity contribution in [3.63, 3.8) is 0 Å². The lowest BCUT2D eigenvalue weighted by Gasteiger charge is -2.15. The van der Waals surface area contributed by atoms with Gasteiger partial charge in [-0.25, -0.2) is 0 Å². The van der Waals surface area contributed by atoms with Crippen LogP contribution in [0.25, 0.3) is 0 Å². The average molecular weight is 400 g/mol. The molecule has 144 valence electrons. The van der Waals surface area contributed by atoms with Gasteiger partial charge in [-0.3, -0.25) is 9.79 Å². The highest BCUT2D eigenvalue weighted by molar-refractivity contribution is 8.14. The molecule has 0 saturated carbocycles. The summed E-state index contributed by atoms with van der Waals surface area (Å²) in [6, 6.07) is 0.765. The van der Waals surface area contributed by atoms with Gasteiger partial charge in [0.05, 0.1) is 30.2 Å². The second-order valence-corrected chi connectivity index (χ2v) is 6.34. The Kier molecular flexibility index (Phi) is 6.09. The van der Waals surface area contributed by atoms with E-state index >= 15 is 0 Å². The second-order valence-electron chi connectivity index (χ2n) is 5.33. The van der Waals surface area contributed by atoms with Crippen molar-refractivity contribution in [1.29, 1.82) is 0 Å². The van der Waals surface area contributed by atoms with E-state index in [0.717, 1.165) is 11.8 Å². The van der Waals surface area contributed by atoms with E-state index in [2.05, 4.69) is 10.3 Å². The molecular formula is C15H14F6N2O2S. The number of alkyl halides is 6. The molecule has 1 aliphatic rings. The summed E-state index contributed by atoms with van der Waals surface area (Å²) < 4.78 is 81.9. The summed E-state index contributed by atoms with van der Waals surface area (Å²) in [6.45, 7) is 1.85. The van der Waals surface area contributed by atoms with Gasteiger partial charge < -0.3 is 10.1 Å². The number of carbonyl (C=O) groups is 1. The van der Waals surface area contributed by atoms with Gasteiger partial charge in [0.15, 0.2) is 5.17 Å². The van der Waals surface area contributed by atoms with Gasteiger partial charge in [0.2, 0.25) is 0 Å². The summed E-state index contributed by atoms with van der Waals surface area (Å²) in [6.07, 6.45) is -9.86. The van der Waals surface area contributed by atoms with Crippen molar-refractivity contribution in [3.05, 3.63) is 29.3 Å². The Morgan fingerprint density at radius 3 is 2.27 bits per heavy atom. The topological polar surface area (TPSA) is 50.7 Å². The molecule has 1 heterocycles. The molecule has 0 spiro atoms. The summed E-state index contributed by atoms with van der Waals surface area (Å²) in [5.41, 5.74) is -3.21. The fraction of sp³-hybridized carbons (Fsp3) is 0.467. The van der Waals surface area contributed by atoms with Crippen molar-refractivity contribution < 1.29 is 35.9 Å². The number of amidine groups is 1. The van der Waals surface area contributed by atoms with Crippen LogP contribution in [0.1, 0.15) is 24.5 Å². The molecule has 1 aromatic carbocycles. The Labute approximate surface area is 149 Å². The molecule has 0 saturated heterocycles. The predicted octanol–water partition coefficient (Wildman–Crippen LogP) is 4.56. The number of benzene rings is 1. The third kappa shape index (κ3) is 5.55. The van der Waals surface area contributed by atoms with Gasteiger partial charge in [-0.15, -0.1) is 0 Å². The fourth-order valence-electron chi connectivity index (χ4n) is 2.15. The molecule has 0 amide bonds.